The van der Waals surface area contributed by atoms with Crippen LogP contribution in [0.1, 0.15) is 16.8 Å². The van der Waals surface area contributed by atoms with Crippen LogP contribution in [0.3, 0.4) is 0 Å². The van der Waals surface area contributed by atoms with Gasteiger partial charge in [0, 0.05) is 23.7 Å². The summed E-state index contributed by atoms with van der Waals surface area (Å²) in [5.74, 6) is -1.40. The molecule has 25 heavy (non-hydrogen) atoms. The quantitative estimate of drug-likeness (QED) is 0.475. The molecule has 136 valence electrons. The van der Waals surface area contributed by atoms with E-state index in [4.69, 9.17) is 17.4 Å². The molecule has 0 radical (unpaired) electrons. The number of hydrazine groups is 1. The highest BCUT2D eigenvalue weighted by Gasteiger charge is 2.50. The Kier molecular flexibility index (Phi) is 5.69. The predicted molar refractivity (Wildman–Crippen MR) is 82.3 cm³/mol. The molecule has 0 saturated carbocycles. The largest absolute Gasteiger partial charge is 0.450 e. The Balaban J connectivity index is 2.24. The first-order chi connectivity index (χ1) is 11.6. The summed E-state index contributed by atoms with van der Waals surface area (Å²) >= 11 is 5.74. The minimum Gasteiger partial charge on any atom is -0.338 e. The summed E-state index contributed by atoms with van der Waals surface area (Å²) in [7, 11) is 0. The van der Waals surface area contributed by atoms with Gasteiger partial charge in [-0.15, -0.1) is 0 Å². The second kappa shape index (κ2) is 7.40. The number of likely N-dealkylation sites (tertiary alicyclic amines) is 1. The van der Waals surface area contributed by atoms with Crippen molar-refractivity contribution in [2.75, 3.05) is 13.1 Å². The number of piperidine rings is 1. The lowest BCUT2D eigenvalue weighted by molar-refractivity contribution is -0.179. The third-order valence-electron chi connectivity index (χ3n) is 4.09. The van der Waals surface area contributed by atoms with Gasteiger partial charge >= 0.3 is 6.18 Å². The highest BCUT2D eigenvalue weighted by Crippen LogP contribution is 2.32. The molecule has 2 amide bonds. The van der Waals surface area contributed by atoms with Crippen LogP contribution < -0.4 is 11.3 Å². The smallest absolute Gasteiger partial charge is 0.338 e. The zero-order valence-corrected chi connectivity index (χ0v) is 13.6. The van der Waals surface area contributed by atoms with Crippen LogP contribution in [-0.2, 0) is 9.59 Å². The minimum atomic E-state index is -5.11. The van der Waals surface area contributed by atoms with Crippen LogP contribution in [0, 0.1) is 11.8 Å². The van der Waals surface area contributed by atoms with Gasteiger partial charge in [0.25, 0.3) is 5.91 Å². The molecule has 1 aromatic rings. The SMILES string of the molecule is NNC(=O)C1CCN(C(=O)c2ccc(Cl)cc2)CC1C(=O)C(F)(F)F. The lowest BCUT2D eigenvalue weighted by Crippen LogP contribution is -2.54. The molecule has 10 heteroatoms. The minimum absolute atomic E-state index is 0.0290. The molecule has 2 rings (SSSR count). The number of hydrogen-bond donors (Lipinski definition) is 2. The molecule has 0 aromatic heterocycles. The van der Waals surface area contributed by atoms with Crippen molar-refractivity contribution in [1.82, 2.24) is 10.3 Å². The average molecular weight is 378 g/mol. The van der Waals surface area contributed by atoms with Crippen molar-refractivity contribution >= 4 is 29.2 Å². The Morgan fingerprint density at radius 2 is 1.76 bits per heavy atom. The van der Waals surface area contributed by atoms with Crippen molar-refractivity contribution in [3.8, 4) is 0 Å². The number of alkyl halides is 3. The van der Waals surface area contributed by atoms with E-state index in [-0.39, 0.29) is 18.5 Å². The Bertz CT molecular complexity index is 679. The van der Waals surface area contributed by atoms with Crippen LogP contribution in [0.5, 0.6) is 0 Å². The van der Waals surface area contributed by atoms with E-state index in [1.54, 1.807) is 5.43 Å². The standard InChI is InChI=1S/C15H15ClF3N3O3/c16-9-3-1-8(2-4-9)14(25)22-6-5-10(13(24)21-20)11(7-22)12(23)15(17,18)19/h1-4,10-11H,5-7,20H2,(H,21,24). The number of Topliss-reactive ketones (excluding diaryl/α,β-unsaturated/α-hetero) is 1. The highest BCUT2D eigenvalue weighted by atomic mass is 35.5. The number of hydrogen-bond acceptors (Lipinski definition) is 4. The van der Waals surface area contributed by atoms with E-state index in [1.165, 1.54) is 24.3 Å². The fourth-order valence-corrected chi connectivity index (χ4v) is 2.93. The summed E-state index contributed by atoms with van der Waals surface area (Å²) in [4.78, 5) is 37.0. The molecule has 0 aliphatic carbocycles. The molecular formula is C15H15ClF3N3O3. The molecule has 1 aliphatic heterocycles. The fourth-order valence-electron chi connectivity index (χ4n) is 2.81. The van der Waals surface area contributed by atoms with Gasteiger partial charge in [-0.25, -0.2) is 5.84 Å². The summed E-state index contributed by atoms with van der Waals surface area (Å²) in [6.07, 6.45) is -5.21. The topological polar surface area (TPSA) is 92.5 Å². The van der Waals surface area contributed by atoms with E-state index >= 15 is 0 Å². The Hall–Kier alpha value is -2.13. The first kappa shape index (κ1) is 19.2. The van der Waals surface area contributed by atoms with Gasteiger partial charge in [0.2, 0.25) is 11.7 Å². The Morgan fingerprint density at radius 1 is 1.16 bits per heavy atom. The number of carbonyl (C=O) groups is 3. The number of nitrogens with two attached hydrogens (primary N) is 1. The van der Waals surface area contributed by atoms with Crippen molar-refractivity contribution in [2.24, 2.45) is 17.7 Å². The second-order valence-electron chi connectivity index (χ2n) is 5.63. The van der Waals surface area contributed by atoms with Crippen LogP contribution in [-0.4, -0.2) is 41.8 Å². The molecule has 0 spiro atoms. The normalized spacial score (nSPS) is 20.9. The van der Waals surface area contributed by atoms with Crippen molar-refractivity contribution < 1.29 is 27.6 Å². The highest BCUT2D eigenvalue weighted by molar-refractivity contribution is 6.30. The van der Waals surface area contributed by atoms with Gasteiger partial charge in [-0.3, -0.25) is 19.8 Å². The number of rotatable bonds is 3. The van der Waals surface area contributed by atoms with Crippen molar-refractivity contribution in [3.63, 3.8) is 0 Å². The number of nitrogens with one attached hydrogen (secondary N) is 1. The lowest BCUT2D eigenvalue weighted by Gasteiger charge is -2.37. The number of benzene rings is 1. The van der Waals surface area contributed by atoms with E-state index in [1.807, 2.05) is 0 Å². The first-order valence-corrected chi connectivity index (χ1v) is 7.69. The number of ketones is 1. The van der Waals surface area contributed by atoms with Gasteiger partial charge in [-0.2, -0.15) is 13.2 Å². The van der Waals surface area contributed by atoms with Crippen LogP contribution in [0.4, 0.5) is 13.2 Å². The van der Waals surface area contributed by atoms with E-state index in [0.29, 0.717) is 5.02 Å². The molecule has 1 aromatic carbocycles. The maximum atomic E-state index is 12.8. The average Bonchev–Trinajstić information content (AvgIpc) is 2.59. The molecule has 1 saturated heterocycles. The molecule has 1 fully saturated rings. The molecule has 6 nitrogen and oxygen atoms in total. The van der Waals surface area contributed by atoms with Crippen LogP contribution in [0.25, 0.3) is 0 Å². The maximum absolute atomic E-state index is 12.8. The van der Waals surface area contributed by atoms with E-state index < -0.39 is 42.2 Å². The summed E-state index contributed by atoms with van der Waals surface area (Å²) in [6.45, 7) is -0.487. The van der Waals surface area contributed by atoms with Crippen LogP contribution >= 0.6 is 11.6 Å². The monoisotopic (exact) mass is 377 g/mol. The van der Waals surface area contributed by atoms with Gasteiger partial charge in [0.1, 0.15) is 0 Å². The summed E-state index contributed by atoms with van der Waals surface area (Å²) in [5.41, 5.74) is 2.00. The zero-order valence-electron chi connectivity index (χ0n) is 12.8. The van der Waals surface area contributed by atoms with E-state index in [0.717, 1.165) is 4.90 Å². The van der Waals surface area contributed by atoms with Gasteiger partial charge < -0.3 is 4.90 Å². The van der Waals surface area contributed by atoms with Crippen LogP contribution in [0.2, 0.25) is 5.02 Å². The van der Waals surface area contributed by atoms with Gasteiger partial charge in [0.05, 0.1) is 11.8 Å². The molecule has 2 atom stereocenters. The third-order valence-corrected chi connectivity index (χ3v) is 4.34. The van der Waals surface area contributed by atoms with Gasteiger partial charge in [0.15, 0.2) is 0 Å². The van der Waals surface area contributed by atoms with Gasteiger partial charge in [-0.1, -0.05) is 11.6 Å². The molecule has 1 aliphatic rings. The van der Waals surface area contributed by atoms with Gasteiger partial charge in [-0.05, 0) is 30.7 Å². The van der Waals surface area contributed by atoms with Crippen molar-refractivity contribution in [2.45, 2.75) is 12.6 Å². The Labute approximate surface area is 146 Å². The fraction of sp³-hybridized carbons (Fsp3) is 0.400. The van der Waals surface area contributed by atoms with E-state index in [9.17, 15) is 27.6 Å². The second-order valence-corrected chi connectivity index (χ2v) is 6.07. The molecule has 3 N–H and O–H groups in total. The van der Waals surface area contributed by atoms with E-state index in [2.05, 4.69) is 0 Å². The van der Waals surface area contributed by atoms with Crippen molar-refractivity contribution in [3.05, 3.63) is 34.9 Å². The number of carbonyl (C=O) groups excluding carboxylic acids is 3. The number of halogens is 4. The number of amides is 2. The molecule has 1 heterocycles. The maximum Gasteiger partial charge on any atom is 0.450 e. The zero-order chi connectivity index (χ0) is 18.8. The Morgan fingerprint density at radius 3 is 2.28 bits per heavy atom. The van der Waals surface area contributed by atoms with Crippen molar-refractivity contribution in [1.29, 1.82) is 0 Å². The summed E-state index contributed by atoms with van der Waals surface area (Å²) < 4.78 is 38.5. The third kappa shape index (κ3) is 4.29. The molecular weight excluding hydrogens is 363 g/mol. The summed E-state index contributed by atoms with van der Waals surface area (Å²) in [5, 5.41) is 0.403. The lowest BCUT2D eigenvalue weighted by atomic mass is 9.81. The molecule has 2 unspecified atom stereocenters. The first-order valence-electron chi connectivity index (χ1n) is 7.31. The van der Waals surface area contributed by atoms with Crippen LogP contribution in [0.15, 0.2) is 24.3 Å². The predicted octanol–water partition coefficient (Wildman–Crippen LogP) is 1.54. The summed E-state index contributed by atoms with van der Waals surface area (Å²) in [6, 6.07) is 5.82. The number of nitrogens with zero attached hydrogens (tertiary/aromatic N) is 1. The molecule has 0 bridgehead atoms.